The Hall–Kier alpha value is -2.56. The molecule has 1 amide bonds. The largest absolute Gasteiger partial charge is 0.465 e. The topological polar surface area (TPSA) is 60.3 Å². The van der Waals surface area contributed by atoms with Crippen molar-refractivity contribution in [3.63, 3.8) is 0 Å². The number of nitrogens with one attached hydrogen (secondary N) is 1. The number of ether oxygens (including phenoxy) is 1. The summed E-state index contributed by atoms with van der Waals surface area (Å²) in [5, 5.41) is 2.79. The van der Waals surface area contributed by atoms with Gasteiger partial charge in [-0.1, -0.05) is 6.07 Å². The molecule has 21 heavy (non-hydrogen) atoms. The Morgan fingerprint density at radius 1 is 1.24 bits per heavy atom. The molecule has 5 heteroatoms. The monoisotopic (exact) mass is 286 g/mol. The number of hydrogen-bond acceptors (Lipinski definition) is 3. The van der Waals surface area contributed by atoms with Crippen LogP contribution in [0, 0.1) is 0 Å². The Morgan fingerprint density at radius 2 is 2.05 bits per heavy atom. The number of aryl methyl sites for hydroxylation is 2. The Balaban J connectivity index is 1.93. The summed E-state index contributed by atoms with van der Waals surface area (Å²) >= 11 is 0. The van der Waals surface area contributed by atoms with Crippen LogP contribution in [0.3, 0.4) is 0 Å². The molecule has 0 radical (unpaired) electrons. The maximum atomic E-state index is 11.9. The molecule has 0 aliphatic carbocycles. The van der Waals surface area contributed by atoms with Crippen LogP contribution in [-0.2, 0) is 23.0 Å². The highest BCUT2D eigenvalue weighted by Gasteiger charge is 2.08. The van der Waals surface area contributed by atoms with Crippen LogP contribution in [0.5, 0.6) is 0 Å². The van der Waals surface area contributed by atoms with Gasteiger partial charge >= 0.3 is 5.97 Å². The number of nitrogens with zero attached hydrogens (tertiary/aromatic N) is 1. The first-order valence-corrected chi connectivity index (χ1v) is 6.68. The van der Waals surface area contributed by atoms with Gasteiger partial charge in [0.2, 0.25) is 5.91 Å². The molecule has 5 nitrogen and oxygen atoms in total. The quantitative estimate of drug-likeness (QED) is 0.858. The molecule has 110 valence electrons. The standard InChI is InChI=1S/C16H18N2O3/c1-18-10-4-7-14(18)8-9-15(19)17-13-6-3-5-12(11-13)16(20)21-2/h3-7,10-11H,8-9H2,1-2H3,(H,17,19). The summed E-state index contributed by atoms with van der Waals surface area (Å²) in [6.45, 7) is 0. The van der Waals surface area contributed by atoms with Crippen molar-refractivity contribution in [2.24, 2.45) is 7.05 Å². The van der Waals surface area contributed by atoms with Crippen molar-refractivity contribution in [2.45, 2.75) is 12.8 Å². The van der Waals surface area contributed by atoms with Crippen LogP contribution in [0.4, 0.5) is 5.69 Å². The van der Waals surface area contributed by atoms with Crippen LogP contribution in [-0.4, -0.2) is 23.6 Å². The second-order valence-corrected chi connectivity index (χ2v) is 4.73. The van der Waals surface area contributed by atoms with Gasteiger partial charge in [-0.3, -0.25) is 4.79 Å². The first kappa shape index (κ1) is 14.8. The smallest absolute Gasteiger partial charge is 0.337 e. The van der Waals surface area contributed by atoms with Crippen molar-refractivity contribution in [1.82, 2.24) is 4.57 Å². The zero-order valence-corrected chi connectivity index (χ0v) is 12.1. The van der Waals surface area contributed by atoms with Gasteiger partial charge in [0, 0.05) is 31.0 Å². The summed E-state index contributed by atoms with van der Waals surface area (Å²) in [6, 6.07) is 10.6. The number of carbonyl (C=O) groups excluding carboxylic acids is 2. The third kappa shape index (κ3) is 3.95. The molecule has 0 fully saturated rings. The van der Waals surface area contributed by atoms with Crippen molar-refractivity contribution in [3.8, 4) is 0 Å². The average Bonchev–Trinajstić information content (AvgIpc) is 2.90. The highest BCUT2D eigenvalue weighted by Crippen LogP contribution is 2.12. The molecule has 1 heterocycles. The molecule has 0 atom stereocenters. The molecular formula is C16H18N2O3. The van der Waals surface area contributed by atoms with Crippen LogP contribution in [0.2, 0.25) is 0 Å². The molecule has 1 aromatic carbocycles. The summed E-state index contributed by atoms with van der Waals surface area (Å²) in [4.78, 5) is 23.4. The molecule has 0 aliphatic rings. The van der Waals surface area contributed by atoms with Crippen LogP contribution < -0.4 is 5.32 Å². The molecule has 0 saturated carbocycles. The second kappa shape index (κ2) is 6.74. The van der Waals surface area contributed by atoms with Gasteiger partial charge in [0.05, 0.1) is 12.7 Å². The van der Waals surface area contributed by atoms with E-state index in [1.165, 1.54) is 7.11 Å². The van der Waals surface area contributed by atoms with E-state index in [1.807, 2.05) is 29.9 Å². The molecule has 2 rings (SSSR count). The van der Waals surface area contributed by atoms with Crippen molar-refractivity contribution < 1.29 is 14.3 Å². The third-order valence-electron chi connectivity index (χ3n) is 3.23. The molecule has 0 aliphatic heterocycles. The van der Waals surface area contributed by atoms with E-state index in [-0.39, 0.29) is 5.91 Å². The number of anilines is 1. The minimum absolute atomic E-state index is 0.0850. The molecule has 0 spiro atoms. The summed E-state index contributed by atoms with van der Waals surface area (Å²) in [6.07, 6.45) is 3.01. The Kier molecular flexibility index (Phi) is 4.77. The maximum absolute atomic E-state index is 11.9. The van der Waals surface area contributed by atoms with E-state index in [9.17, 15) is 9.59 Å². The number of carbonyl (C=O) groups is 2. The van der Waals surface area contributed by atoms with Gasteiger partial charge < -0.3 is 14.6 Å². The first-order chi connectivity index (χ1) is 10.1. The maximum Gasteiger partial charge on any atom is 0.337 e. The normalized spacial score (nSPS) is 10.2. The van der Waals surface area contributed by atoms with E-state index in [4.69, 9.17) is 0 Å². The number of amides is 1. The minimum atomic E-state index is -0.421. The van der Waals surface area contributed by atoms with Crippen molar-refractivity contribution in [2.75, 3.05) is 12.4 Å². The van der Waals surface area contributed by atoms with Gasteiger partial charge in [0.25, 0.3) is 0 Å². The van der Waals surface area contributed by atoms with Crippen LogP contribution in [0.25, 0.3) is 0 Å². The lowest BCUT2D eigenvalue weighted by atomic mass is 10.2. The Bertz CT molecular complexity index is 646. The fourth-order valence-electron chi connectivity index (χ4n) is 2.06. The summed E-state index contributed by atoms with van der Waals surface area (Å²) in [5.74, 6) is -0.506. The van der Waals surface area contributed by atoms with E-state index in [0.717, 1.165) is 5.69 Å². The number of benzene rings is 1. The second-order valence-electron chi connectivity index (χ2n) is 4.73. The number of aromatic nitrogens is 1. The lowest BCUT2D eigenvalue weighted by molar-refractivity contribution is -0.116. The summed E-state index contributed by atoms with van der Waals surface area (Å²) in [5.41, 5.74) is 2.11. The highest BCUT2D eigenvalue weighted by molar-refractivity contribution is 5.94. The van der Waals surface area contributed by atoms with Gasteiger partial charge in [-0.05, 0) is 36.8 Å². The van der Waals surface area contributed by atoms with Gasteiger partial charge in [-0.25, -0.2) is 4.79 Å². The lowest BCUT2D eigenvalue weighted by Gasteiger charge is -2.07. The molecule has 0 unspecified atom stereocenters. The fourth-order valence-corrected chi connectivity index (χ4v) is 2.06. The Morgan fingerprint density at radius 3 is 2.71 bits per heavy atom. The van der Waals surface area contributed by atoms with Crippen LogP contribution in [0.15, 0.2) is 42.6 Å². The van der Waals surface area contributed by atoms with Gasteiger partial charge in [0.1, 0.15) is 0 Å². The number of hydrogen-bond donors (Lipinski definition) is 1. The van der Waals surface area contributed by atoms with Crippen molar-refractivity contribution >= 4 is 17.6 Å². The first-order valence-electron chi connectivity index (χ1n) is 6.68. The molecule has 1 N–H and O–H groups in total. The SMILES string of the molecule is COC(=O)c1cccc(NC(=O)CCc2cccn2C)c1. The minimum Gasteiger partial charge on any atom is -0.465 e. The molecule has 2 aromatic rings. The Labute approximate surface area is 123 Å². The zero-order valence-electron chi connectivity index (χ0n) is 12.1. The van der Waals surface area contributed by atoms with E-state index >= 15 is 0 Å². The van der Waals surface area contributed by atoms with E-state index in [2.05, 4.69) is 10.1 Å². The third-order valence-corrected chi connectivity index (χ3v) is 3.23. The van der Waals surface area contributed by atoms with Gasteiger partial charge in [-0.2, -0.15) is 0 Å². The number of esters is 1. The fraction of sp³-hybridized carbons (Fsp3) is 0.250. The average molecular weight is 286 g/mol. The molecule has 0 bridgehead atoms. The predicted octanol–water partition coefficient (Wildman–Crippen LogP) is 2.38. The van der Waals surface area contributed by atoms with Crippen molar-refractivity contribution in [3.05, 3.63) is 53.9 Å². The zero-order chi connectivity index (χ0) is 15.2. The van der Waals surface area contributed by atoms with Gasteiger partial charge in [0.15, 0.2) is 0 Å². The molecule has 1 aromatic heterocycles. The van der Waals surface area contributed by atoms with E-state index < -0.39 is 5.97 Å². The van der Waals surface area contributed by atoms with E-state index in [0.29, 0.717) is 24.1 Å². The lowest BCUT2D eigenvalue weighted by Crippen LogP contribution is -2.13. The molecule has 0 saturated heterocycles. The predicted molar refractivity (Wildman–Crippen MR) is 80.1 cm³/mol. The van der Waals surface area contributed by atoms with Crippen molar-refractivity contribution in [1.29, 1.82) is 0 Å². The highest BCUT2D eigenvalue weighted by atomic mass is 16.5. The van der Waals surface area contributed by atoms with E-state index in [1.54, 1.807) is 24.3 Å². The van der Waals surface area contributed by atoms with Gasteiger partial charge in [-0.15, -0.1) is 0 Å². The molecular weight excluding hydrogens is 268 g/mol. The number of methoxy groups -OCH3 is 1. The van der Waals surface area contributed by atoms with Crippen LogP contribution in [0.1, 0.15) is 22.5 Å². The van der Waals surface area contributed by atoms with Crippen LogP contribution >= 0.6 is 0 Å². The summed E-state index contributed by atoms with van der Waals surface area (Å²) < 4.78 is 6.64. The summed E-state index contributed by atoms with van der Waals surface area (Å²) in [7, 11) is 3.28. The number of rotatable bonds is 5.